The highest BCUT2D eigenvalue weighted by molar-refractivity contribution is 5.80. The van der Waals surface area contributed by atoms with E-state index in [1.54, 1.807) is 43.5 Å². The highest BCUT2D eigenvalue weighted by Crippen LogP contribution is 2.13. The molecule has 0 aliphatic heterocycles. The Labute approximate surface area is 147 Å². The van der Waals surface area contributed by atoms with Gasteiger partial charge < -0.3 is 4.74 Å². The zero-order valence-corrected chi connectivity index (χ0v) is 13.8. The molecule has 0 atom stereocenters. The number of aromatic amines is 1. The molecule has 128 valence electrons. The van der Waals surface area contributed by atoms with Gasteiger partial charge in [-0.1, -0.05) is 30.3 Å². The average molecular weight is 346 g/mol. The lowest BCUT2D eigenvalue weighted by molar-refractivity contribution is 0.415. The minimum Gasteiger partial charge on any atom is -0.497 e. The van der Waals surface area contributed by atoms with Crippen LogP contribution >= 0.6 is 0 Å². The van der Waals surface area contributed by atoms with Crippen LogP contribution in [0.4, 0.5) is 0 Å². The van der Waals surface area contributed by atoms with Crippen LogP contribution in [0.15, 0.2) is 58.1 Å². The van der Waals surface area contributed by atoms with Crippen molar-refractivity contribution in [2.75, 3.05) is 7.11 Å². The van der Waals surface area contributed by atoms with Crippen molar-refractivity contribution in [2.45, 2.75) is 0 Å². The van der Waals surface area contributed by atoms with Crippen LogP contribution in [0.25, 0.3) is 28.8 Å². The van der Waals surface area contributed by atoms with Gasteiger partial charge in [0, 0.05) is 0 Å². The van der Waals surface area contributed by atoms with E-state index in [1.165, 1.54) is 4.40 Å². The van der Waals surface area contributed by atoms with E-state index >= 15 is 0 Å². The number of hydrogen-bond donors (Lipinski definition) is 1. The van der Waals surface area contributed by atoms with Gasteiger partial charge in [-0.2, -0.15) is 0 Å². The fraction of sp³-hybridized carbons (Fsp3) is 0.0526. The summed E-state index contributed by atoms with van der Waals surface area (Å²) in [6, 6.07) is 14.3. The summed E-state index contributed by atoms with van der Waals surface area (Å²) in [5, 5.41) is 8.33. The molecule has 7 nitrogen and oxygen atoms in total. The lowest BCUT2D eigenvalue weighted by Gasteiger charge is -2.04. The van der Waals surface area contributed by atoms with Gasteiger partial charge in [-0.25, -0.2) is 4.40 Å². The van der Waals surface area contributed by atoms with E-state index in [0.29, 0.717) is 10.9 Å². The summed E-state index contributed by atoms with van der Waals surface area (Å²) in [4.78, 5) is 27.5. The van der Waals surface area contributed by atoms with Crippen LogP contribution in [0.2, 0.25) is 0 Å². The summed E-state index contributed by atoms with van der Waals surface area (Å²) in [5.74, 6) is 0.864. The first-order valence-corrected chi connectivity index (χ1v) is 7.90. The number of benzene rings is 2. The number of ether oxygens (including phenoxy) is 1. The first-order valence-electron chi connectivity index (χ1n) is 7.90. The quantitative estimate of drug-likeness (QED) is 0.574. The van der Waals surface area contributed by atoms with E-state index in [0.717, 1.165) is 11.3 Å². The molecule has 4 aromatic rings. The summed E-state index contributed by atoms with van der Waals surface area (Å²) < 4.78 is 6.48. The summed E-state index contributed by atoms with van der Waals surface area (Å²) in [7, 11) is 1.60. The molecule has 0 saturated carbocycles. The number of nitrogens with zero attached hydrogens (tertiary/aromatic N) is 3. The van der Waals surface area contributed by atoms with Crippen LogP contribution in [0, 0.1) is 0 Å². The van der Waals surface area contributed by atoms with E-state index in [1.807, 2.05) is 24.3 Å². The van der Waals surface area contributed by atoms with Crippen LogP contribution in [0.5, 0.6) is 5.75 Å². The summed E-state index contributed by atoms with van der Waals surface area (Å²) in [5.41, 5.74) is 0.896. The second-order valence-corrected chi connectivity index (χ2v) is 5.63. The predicted octanol–water partition coefficient (Wildman–Crippen LogP) is 2.11. The van der Waals surface area contributed by atoms with Crippen LogP contribution in [0.3, 0.4) is 0 Å². The lowest BCUT2D eigenvalue weighted by atomic mass is 10.2. The van der Waals surface area contributed by atoms with E-state index in [9.17, 15) is 9.59 Å². The molecule has 0 aliphatic carbocycles. The van der Waals surface area contributed by atoms with Crippen molar-refractivity contribution in [3.63, 3.8) is 0 Å². The minimum atomic E-state index is -0.354. The summed E-state index contributed by atoms with van der Waals surface area (Å²) in [6.45, 7) is 0. The lowest BCUT2D eigenvalue weighted by Crippen LogP contribution is -2.24. The zero-order valence-electron chi connectivity index (χ0n) is 13.8. The smallest absolute Gasteiger partial charge is 0.285 e. The van der Waals surface area contributed by atoms with E-state index in [4.69, 9.17) is 4.74 Å². The third kappa shape index (κ3) is 2.65. The Bertz CT molecular complexity index is 1250. The van der Waals surface area contributed by atoms with Gasteiger partial charge in [-0.3, -0.25) is 14.6 Å². The molecule has 0 amide bonds. The highest BCUT2D eigenvalue weighted by Gasteiger charge is 2.10. The molecule has 0 saturated heterocycles. The molecule has 0 fully saturated rings. The normalized spacial score (nSPS) is 11.4. The number of methoxy groups -OCH3 is 1. The van der Waals surface area contributed by atoms with E-state index < -0.39 is 0 Å². The van der Waals surface area contributed by atoms with Gasteiger partial charge in [0.25, 0.3) is 11.1 Å². The second kappa shape index (κ2) is 6.29. The molecule has 7 heteroatoms. The Morgan fingerprint density at radius 1 is 1.00 bits per heavy atom. The largest absolute Gasteiger partial charge is 0.497 e. The van der Waals surface area contributed by atoms with Gasteiger partial charge >= 0.3 is 0 Å². The number of H-pyrrole nitrogens is 1. The van der Waals surface area contributed by atoms with Gasteiger partial charge in [-0.05, 0) is 35.9 Å². The maximum absolute atomic E-state index is 12.8. The number of aromatic nitrogens is 4. The van der Waals surface area contributed by atoms with Gasteiger partial charge in [0.2, 0.25) is 5.78 Å². The number of rotatable bonds is 3. The molecule has 2 aromatic carbocycles. The molecule has 0 bridgehead atoms. The van der Waals surface area contributed by atoms with Crippen molar-refractivity contribution >= 4 is 28.8 Å². The fourth-order valence-corrected chi connectivity index (χ4v) is 2.73. The van der Waals surface area contributed by atoms with Gasteiger partial charge in [0.15, 0.2) is 5.69 Å². The van der Waals surface area contributed by atoms with Crippen LogP contribution in [-0.2, 0) is 0 Å². The molecule has 2 heterocycles. The third-order valence-corrected chi connectivity index (χ3v) is 4.05. The highest BCUT2D eigenvalue weighted by atomic mass is 16.5. The Morgan fingerprint density at radius 2 is 1.77 bits per heavy atom. The van der Waals surface area contributed by atoms with Crippen molar-refractivity contribution in [2.24, 2.45) is 0 Å². The summed E-state index contributed by atoms with van der Waals surface area (Å²) in [6.07, 6.45) is 3.37. The average Bonchev–Trinajstić information content (AvgIpc) is 2.68. The molecule has 2 aromatic heterocycles. The van der Waals surface area contributed by atoms with Crippen molar-refractivity contribution in [1.82, 2.24) is 19.6 Å². The first-order chi connectivity index (χ1) is 12.7. The molecular formula is C19H14N4O3. The maximum Gasteiger partial charge on any atom is 0.285 e. The topological polar surface area (TPSA) is 89.3 Å². The van der Waals surface area contributed by atoms with E-state index in [-0.39, 0.29) is 22.6 Å². The Morgan fingerprint density at radius 3 is 2.54 bits per heavy atom. The van der Waals surface area contributed by atoms with Crippen molar-refractivity contribution in [3.8, 4) is 5.75 Å². The molecule has 0 spiro atoms. The number of fused-ring (bicyclic) bond motifs is 3. The van der Waals surface area contributed by atoms with E-state index in [2.05, 4.69) is 15.2 Å². The molecule has 26 heavy (non-hydrogen) atoms. The van der Waals surface area contributed by atoms with Gasteiger partial charge in [0.1, 0.15) is 5.75 Å². The molecule has 0 unspecified atom stereocenters. The number of para-hydroxylation sites is 1. The number of nitrogens with one attached hydrogen (secondary N) is 1. The zero-order chi connectivity index (χ0) is 18.1. The second-order valence-electron chi connectivity index (χ2n) is 5.63. The van der Waals surface area contributed by atoms with Crippen LogP contribution in [0.1, 0.15) is 11.3 Å². The van der Waals surface area contributed by atoms with Crippen molar-refractivity contribution in [1.29, 1.82) is 0 Å². The molecule has 0 radical (unpaired) electrons. The van der Waals surface area contributed by atoms with Gasteiger partial charge in [-0.15, -0.1) is 10.2 Å². The van der Waals surface area contributed by atoms with Gasteiger partial charge in [0.05, 0.1) is 18.0 Å². The SMILES string of the molecule is COc1ccc(C=Cc2nnc3[nH]c(=O)c4ccccc4n3c2=O)cc1. The van der Waals surface area contributed by atoms with Crippen LogP contribution in [-0.4, -0.2) is 26.7 Å². The third-order valence-electron chi connectivity index (χ3n) is 4.05. The molecular weight excluding hydrogens is 332 g/mol. The van der Waals surface area contributed by atoms with Crippen LogP contribution < -0.4 is 15.9 Å². The Hall–Kier alpha value is -3.74. The Balaban J connectivity index is 1.86. The Kier molecular flexibility index (Phi) is 3.81. The monoisotopic (exact) mass is 346 g/mol. The first kappa shape index (κ1) is 15.8. The molecule has 4 rings (SSSR count). The fourth-order valence-electron chi connectivity index (χ4n) is 2.73. The van der Waals surface area contributed by atoms with Crippen molar-refractivity contribution < 1.29 is 4.74 Å². The maximum atomic E-state index is 12.8. The predicted molar refractivity (Wildman–Crippen MR) is 99.3 cm³/mol. The summed E-state index contributed by atoms with van der Waals surface area (Å²) >= 11 is 0. The molecule has 0 aliphatic rings. The molecule has 1 N–H and O–H groups in total. The van der Waals surface area contributed by atoms with Crippen molar-refractivity contribution in [3.05, 3.63) is 80.5 Å². The minimum absolute atomic E-state index is 0.111. The number of hydrogen-bond acceptors (Lipinski definition) is 5. The standard InChI is InChI=1S/C19H14N4O3/c1-26-13-9-6-12(7-10-13)8-11-15-18(25)23-16-5-3-2-4-14(16)17(24)20-19(23)22-21-15/h2-11H,1H3,(H,20,22,24).